The molecule has 140 valence electrons. The van der Waals surface area contributed by atoms with E-state index in [-0.39, 0.29) is 10.8 Å². The normalized spacial score (nSPS) is 16.4. The molecular weight excluding hydrogens is 372 g/mol. The lowest BCUT2D eigenvalue weighted by atomic mass is 10.0. The Labute approximate surface area is 157 Å². The molecule has 26 heavy (non-hydrogen) atoms. The lowest BCUT2D eigenvalue weighted by Gasteiger charge is -2.29. The van der Waals surface area contributed by atoms with Crippen LogP contribution in [0, 0.1) is 5.92 Å². The van der Waals surface area contributed by atoms with Crippen LogP contribution < -0.4 is 10.1 Å². The Kier molecular flexibility index (Phi) is 5.64. The van der Waals surface area contributed by atoms with Gasteiger partial charge in [0, 0.05) is 18.5 Å². The second kappa shape index (κ2) is 7.77. The van der Waals surface area contributed by atoms with Crippen molar-refractivity contribution in [1.82, 2.24) is 4.31 Å². The van der Waals surface area contributed by atoms with E-state index in [1.54, 1.807) is 18.2 Å². The highest BCUT2D eigenvalue weighted by Crippen LogP contribution is 2.28. The van der Waals surface area contributed by atoms with E-state index in [2.05, 4.69) is 12.2 Å². The van der Waals surface area contributed by atoms with Gasteiger partial charge >= 0.3 is 0 Å². The summed E-state index contributed by atoms with van der Waals surface area (Å²) in [6.45, 7) is 3.19. The number of carbonyl (C=O) groups is 1. The fourth-order valence-electron chi connectivity index (χ4n) is 2.88. The number of nitrogens with one attached hydrogen (secondary N) is 1. The Balaban J connectivity index is 1.75. The highest BCUT2D eigenvalue weighted by Gasteiger charge is 2.29. The minimum Gasteiger partial charge on any atom is -0.495 e. The predicted molar refractivity (Wildman–Crippen MR) is 102 cm³/mol. The molecule has 0 radical (unpaired) electrons. The SMILES string of the molecule is COc1ccccc1NC(=O)c1cc(S(=O)(=O)N2CCC(C)CC2)cs1. The van der Waals surface area contributed by atoms with Crippen LogP contribution in [-0.2, 0) is 10.0 Å². The van der Waals surface area contributed by atoms with Gasteiger partial charge in [0.25, 0.3) is 5.91 Å². The monoisotopic (exact) mass is 394 g/mol. The number of benzene rings is 1. The molecule has 8 heteroatoms. The predicted octanol–water partition coefficient (Wildman–Crippen LogP) is 3.43. The van der Waals surface area contributed by atoms with Crippen LogP contribution >= 0.6 is 11.3 Å². The second-order valence-electron chi connectivity index (χ2n) is 6.39. The number of carbonyl (C=O) groups excluding carboxylic acids is 1. The third kappa shape index (κ3) is 3.92. The van der Waals surface area contributed by atoms with E-state index < -0.39 is 10.0 Å². The Morgan fingerprint density at radius 1 is 1.27 bits per heavy atom. The van der Waals surface area contributed by atoms with Gasteiger partial charge in [-0.05, 0) is 37.0 Å². The molecular formula is C18H22N2O4S2. The van der Waals surface area contributed by atoms with Crippen LogP contribution in [0.4, 0.5) is 5.69 Å². The van der Waals surface area contributed by atoms with Gasteiger partial charge < -0.3 is 10.1 Å². The number of nitrogens with zero attached hydrogens (tertiary/aromatic N) is 1. The largest absolute Gasteiger partial charge is 0.495 e. The number of thiophene rings is 1. The van der Waals surface area contributed by atoms with Crippen molar-refractivity contribution >= 4 is 33.0 Å². The quantitative estimate of drug-likeness (QED) is 0.843. The molecule has 1 fully saturated rings. The van der Waals surface area contributed by atoms with Gasteiger partial charge in [0.1, 0.15) is 5.75 Å². The zero-order chi connectivity index (χ0) is 18.7. The maximum Gasteiger partial charge on any atom is 0.265 e. The maximum atomic E-state index is 12.8. The first-order valence-electron chi connectivity index (χ1n) is 8.45. The molecule has 0 bridgehead atoms. The Hall–Kier alpha value is -1.90. The summed E-state index contributed by atoms with van der Waals surface area (Å²) in [4.78, 5) is 13.0. The van der Waals surface area contributed by atoms with Crippen molar-refractivity contribution in [3.8, 4) is 5.75 Å². The zero-order valence-electron chi connectivity index (χ0n) is 14.8. The Morgan fingerprint density at radius 2 is 1.96 bits per heavy atom. The lowest BCUT2D eigenvalue weighted by Crippen LogP contribution is -2.37. The number of ether oxygens (including phenoxy) is 1. The van der Waals surface area contributed by atoms with Gasteiger partial charge in [-0.25, -0.2) is 8.42 Å². The molecule has 1 aliphatic rings. The molecule has 1 aromatic carbocycles. The minimum atomic E-state index is -3.54. The molecule has 1 aliphatic heterocycles. The second-order valence-corrected chi connectivity index (χ2v) is 9.24. The van der Waals surface area contributed by atoms with Gasteiger partial charge in [-0.2, -0.15) is 4.31 Å². The van der Waals surface area contributed by atoms with Crippen LogP contribution in [0.2, 0.25) is 0 Å². The van der Waals surface area contributed by atoms with Crippen molar-refractivity contribution in [1.29, 1.82) is 0 Å². The van der Waals surface area contributed by atoms with E-state index in [1.165, 1.54) is 22.9 Å². The number of methoxy groups -OCH3 is 1. The van der Waals surface area contributed by atoms with Crippen molar-refractivity contribution in [2.75, 3.05) is 25.5 Å². The summed E-state index contributed by atoms with van der Waals surface area (Å²) in [6.07, 6.45) is 1.73. The van der Waals surface area contributed by atoms with Gasteiger partial charge in [-0.1, -0.05) is 19.1 Å². The van der Waals surface area contributed by atoms with E-state index in [0.29, 0.717) is 35.3 Å². The number of anilines is 1. The summed E-state index contributed by atoms with van der Waals surface area (Å²) in [5.74, 6) is 0.743. The van der Waals surface area contributed by atoms with Crippen LogP contribution in [0.5, 0.6) is 5.75 Å². The summed E-state index contributed by atoms with van der Waals surface area (Å²) < 4.78 is 32.3. The molecule has 3 rings (SSSR count). The molecule has 1 amide bonds. The van der Waals surface area contributed by atoms with E-state index in [0.717, 1.165) is 24.2 Å². The van der Waals surface area contributed by atoms with Crippen LogP contribution in [0.1, 0.15) is 29.4 Å². The number of hydrogen-bond donors (Lipinski definition) is 1. The highest BCUT2D eigenvalue weighted by molar-refractivity contribution is 7.89. The summed E-state index contributed by atoms with van der Waals surface area (Å²) in [6, 6.07) is 8.53. The highest BCUT2D eigenvalue weighted by atomic mass is 32.2. The van der Waals surface area contributed by atoms with Crippen molar-refractivity contribution in [2.45, 2.75) is 24.7 Å². The Morgan fingerprint density at radius 3 is 2.65 bits per heavy atom. The first kappa shape index (κ1) is 18.9. The lowest BCUT2D eigenvalue weighted by molar-refractivity contribution is 0.103. The molecule has 2 aromatic rings. The number of hydrogen-bond acceptors (Lipinski definition) is 5. The van der Waals surface area contributed by atoms with E-state index in [4.69, 9.17) is 4.74 Å². The smallest absolute Gasteiger partial charge is 0.265 e. The van der Waals surface area contributed by atoms with E-state index >= 15 is 0 Å². The summed E-state index contributed by atoms with van der Waals surface area (Å²) in [5, 5.41) is 4.30. The topological polar surface area (TPSA) is 75.7 Å². The number of para-hydroxylation sites is 2. The van der Waals surface area contributed by atoms with Gasteiger partial charge in [-0.3, -0.25) is 4.79 Å². The number of rotatable bonds is 5. The molecule has 0 spiro atoms. The molecule has 2 heterocycles. The summed E-state index contributed by atoms with van der Waals surface area (Å²) in [5.41, 5.74) is 0.544. The third-order valence-corrected chi connectivity index (χ3v) is 7.49. The zero-order valence-corrected chi connectivity index (χ0v) is 16.4. The minimum absolute atomic E-state index is 0.183. The molecule has 0 aliphatic carbocycles. The van der Waals surface area contributed by atoms with Gasteiger partial charge in [0.2, 0.25) is 10.0 Å². The number of piperidine rings is 1. The van der Waals surface area contributed by atoms with Crippen LogP contribution in [0.3, 0.4) is 0 Å². The molecule has 6 nitrogen and oxygen atoms in total. The van der Waals surface area contributed by atoms with Crippen molar-refractivity contribution < 1.29 is 17.9 Å². The van der Waals surface area contributed by atoms with Crippen molar-refractivity contribution in [3.05, 3.63) is 40.6 Å². The van der Waals surface area contributed by atoms with E-state index in [9.17, 15) is 13.2 Å². The first-order valence-corrected chi connectivity index (χ1v) is 10.8. The number of sulfonamides is 1. The average molecular weight is 395 g/mol. The molecule has 1 N–H and O–H groups in total. The maximum absolute atomic E-state index is 12.8. The summed E-state index contributed by atoms with van der Waals surface area (Å²) >= 11 is 1.12. The van der Waals surface area contributed by atoms with Gasteiger partial charge in [0.15, 0.2) is 0 Å². The van der Waals surface area contributed by atoms with E-state index in [1.807, 2.05) is 6.07 Å². The van der Waals surface area contributed by atoms with Crippen molar-refractivity contribution in [3.63, 3.8) is 0 Å². The number of amides is 1. The van der Waals surface area contributed by atoms with Crippen LogP contribution in [0.25, 0.3) is 0 Å². The molecule has 0 saturated carbocycles. The average Bonchev–Trinajstić information content (AvgIpc) is 3.14. The standard InChI is InChI=1S/C18H22N2O4S2/c1-13-7-9-20(10-8-13)26(22,23)14-11-17(25-12-14)18(21)19-15-5-3-4-6-16(15)24-2/h3-6,11-13H,7-10H2,1-2H3,(H,19,21). The molecule has 0 atom stereocenters. The molecule has 0 unspecified atom stereocenters. The third-order valence-electron chi connectivity index (χ3n) is 4.53. The van der Waals surface area contributed by atoms with Gasteiger partial charge in [-0.15, -0.1) is 11.3 Å². The van der Waals surface area contributed by atoms with Crippen LogP contribution in [-0.4, -0.2) is 38.8 Å². The fourth-order valence-corrected chi connectivity index (χ4v) is 5.51. The van der Waals surface area contributed by atoms with Crippen LogP contribution in [0.15, 0.2) is 40.6 Å². The Bertz CT molecular complexity index is 884. The fraction of sp³-hybridized carbons (Fsp3) is 0.389. The molecule has 1 saturated heterocycles. The summed E-state index contributed by atoms with van der Waals surface area (Å²) in [7, 11) is -2.02. The van der Waals surface area contributed by atoms with Crippen molar-refractivity contribution in [2.24, 2.45) is 5.92 Å². The van der Waals surface area contributed by atoms with Gasteiger partial charge in [0.05, 0.1) is 22.6 Å². The first-order chi connectivity index (χ1) is 12.4. The molecule has 1 aromatic heterocycles.